The Morgan fingerprint density at radius 2 is 1.43 bits per heavy atom. The Kier molecular flexibility index (Phi) is 29.4. The van der Waals surface area contributed by atoms with Gasteiger partial charge in [0, 0.05) is 36.7 Å². The zero-order valence-corrected chi connectivity index (χ0v) is 40.5. The fourth-order valence-corrected chi connectivity index (χ4v) is 6.09. The second-order valence-corrected chi connectivity index (χ2v) is 15.9. The van der Waals surface area contributed by atoms with Gasteiger partial charge in [-0.25, -0.2) is 9.97 Å². The quantitative estimate of drug-likeness (QED) is 0.0268. The van der Waals surface area contributed by atoms with Gasteiger partial charge in [-0.05, 0) is 44.5 Å². The van der Waals surface area contributed by atoms with Crippen LogP contribution in [0.1, 0.15) is 49.2 Å². The van der Waals surface area contributed by atoms with Crippen LogP contribution in [0.4, 0.5) is 11.6 Å². The molecular formula is C48H71N9O13. The van der Waals surface area contributed by atoms with E-state index in [2.05, 4.69) is 60.3 Å². The third kappa shape index (κ3) is 25.7. The molecule has 3 rings (SSSR count). The minimum atomic E-state index is -0.954. The van der Waals surface area contributed by atoms with Crippen molar-refractivity contribution in [2.75, 3.05) is 137 Å². The lowest BCUT2D eigenvalue weighted by Crippen LogP contribution is -2.58. The molecule has 1 unspecified atom stereocenters. The molecule has 70 heavy (non-hydrogen) atoms. The van der Waals surface area contributed by atoms with Crippen LogP contribution in [0.25, 0.3) is 11.2 Å². The number of aromatic amines is 1. The first-order valence-corrected chi connectivity index (χ1v) is 23.1. The van der Waals surface area contributed by atoms with E-state index in [1.807, 2.05) is 13.8 Å². The van der Waals surface area contributed by atoms with Crippen molar-refractivity contribution in [3.8, 4) is 12.3 Å². The standard InChI is InChI=1S/C48H71N9O13/c1-6-16-68-33-48(34-69-17-7-2,35-70-32-36(3)4)57-42(59)14-18-62-20-22-64-24-26-66-28-29-67-27-25-65-23-21-63-19-15-50-41(58)13-8-37(5)53-45(60)38-9-11-39(12-10-38)51-30-40-31-52-44-43(54-40)46(61)56-47(49)55-44/h1,7,9-12,31,37,51H,2-3,8,13-30,32-35H2,4-5H3,(H,50,58)(H,53,60)(H,57,59)(H3,49,52,55,56,61)/t37-,48?/m1/s1. The third-order valence-electron chi connectivity index (χ3n) is 9.50. The SMILES string of the molecule is C#CCOCC(COCC=C)(COCC(=C)C)NC(=O)CCOCCOCCOCCOCCOCCOCCNC(=O)CC[C@@H](C)NC(=O)c1ccc(NCc2cnc3nc(N)[nH]c(=O)c3n2)cc1. The van der Waals surface area contributed by atoms with Gasteiger partial charge in [0.05, 0.1) is 131 Å². The van der Waals surface area contributed by atoms with Crippen molar-refractivity contribution in [2.24, 2.45) is 0 Å². The molecule has 1 aromatic carbocycles. The average molecular weight is 982 g/mol. The predicted molar refractivity (Wildman–Crippen MR) is 262 cm³/mol. The van der Waals surface area contributed by atoms with Gasteiger partial charge in [-0.2, -0.15) is 4.98 Å². The highest BCUT2D eigenvalue weighted by Crippen LogP contribution is 2.13. The van der Waals surface area contributed by atoms with Crippen molar-refractivity contribution in [2.45, 2.75) is 51.2 Å². The summed E-state index contributed by atoms with van der Waals surface area (Å²) >= 11 is 0. The van der Waals surface area contributed by atoms with Gasteiger partial charge in [0.2, 0.25) is 17.8 Å². The summed E-state index contributed by atoms with van der Waals surface area (Å²) in [5.74, 6) is 1.75. The topological polar surface area (TPSA) is 280 Å². The van der Waals surface area contributed by atoms with Crippen molar-refractivity contribution < 1.29 is 57.0 Å². The second kappa shape index (κ2) is 35.3. The summed E-state index contributed by atoms with van der Waals surface area (Å²) in [6, 6.07) is 6.67. The third-order valence-corrected chi connectivity index (χ3v) is 9.50. The van der Waals surface area contributed by atoms with Crippen molar-refractivity contribution in [1.29, 1.82) is 0 Å². The van der Waals surface area contributed by atoms with Gasteiger partial charge in [0.25, 0.3) is 11.5 Å². The van der Waals surface area contributed by atoms with Crippen molar-refractivity contribution in [1.82, 2.24) is 35.9 Å². The molecule has 3 aromatic rings. The Balaban J connectivity index is 1.09. The minimum Gasteiger partial charge on any atom is -0.379 e. The summed E-state index contributed by atoms with van der Waals surface area (Å²) in [4.78, 5) is 64.8. The zero-order chi connectivity index (χ0) is 50.7. The van der Waals surface area contributed by atoms with E-state index in [4.69, 9.17) is 54.8 Å². The van der Waals surface area contributed by atoms with Crippen molar-refractivity contribution in [3.63, 3.8) is 0 Å². The number of nitrogens with one attached hydrogen (secondary N) is 5. The zero-order valence-electron chi connectivity index (χ0n) is 40.5. The first kappa shape index (κ1) is 58.4. The molecule has 2 atom stereocenters. The average Bonchev–Trinajstić information content (AvgIpc) is 3.33. The van der Waals surface area contributed by atoms with Crippen LogP contribution in [0.2, 0.25) is 0 Å². The number of nitrogen functional groups attached to an aromatic ring is 1. The van der Waals surface area contributed by atoms with Crippen molar-refractivity contribution >= 4 is 40.5 Å². The minimum absolute atomic E-state index is 0.0302. The molecule has 0 radical (unpaired) electrons. The summed E-state index contributed by atoms with van der Waals surface area (Å²) in [6.45, 7) is 17.3. The normalized spacial score (nSPS) is 12.4. The van der Waals surface area contributed by atoms with Crippen LogP contribution < -0.4 is 32.6 Å². The molecular weight excluding hydrogens is 911 g/mol. The van der Waals surface area contributed by atoms with Crippen LogP contribution in [-0.2, 0) is 58.8 Å². The number of terminal acetylenes is 1. The number of hydrogen-bond donors (Lipinski definition) is 6. The van der Waals surface area contributed by atoms with E-state index in [1.54, 1.807) is 30.3 Å². The lowest BCUT2D eigenvalue weighted by Gasteiger charge is -2.34. The number of nitrogens with two attached hydrogens (primary N) is 1. The molecule has 0 fully saturated rings. The number of carbonyl (C=O) groups is 3. The van der Waals surface area contributed by atoms with E-state index >= 15 is 0 Å². The van der Waals surface area contributed by atoms with E-state index < -0.39 is 11.1 Å². The Morgan fingerprint density at radius 3 is 2.04 bits per heavy atom. The van der Waals surface area contributed by atoms with Gasteiger partial charge in [0.1, 0.15) is 12.1 Å². The van der Waals surface area contributed by atoms with Crippen LogP contribution in [0, 0.1) is 12.3 Å². The van der Waals surface area contributed by atoms with Gasteiger partial charge >= 0.3 is 0 Å². The number of H-pyrrole nitrogens is 1. The molecule has 386 valence electrons. The Hall–Kier alpha value is -5.87. The van der Waals surface area contributed by atoms with Crippen LogP contribution in [-0.4, -0.2) is 175 Å². The number of anilines is 2. The number of carbonyl (C=O) groups excluding carboxylic acids is 3. The molecule has 2 aromatic heterocycles. The maximum absolute atomic E-state index is 12.8. The molecule has 22 heteroatoms. The lowest BCUT2D eigenvalue weighted by atomic mass is 10.0. The molecule has 0 spiro atoms. The van der Waals surface area contributed by atoms with Crippen LogP contribution in [0.3, 0.4) is 0 Å². The van der Waals surface area contributed by atoms with E-state index in [0.717, 1.165) is 11.3 Å². The summed E-state index contributed by atoms with van der Waals surface area (Å²) in [6.07, 6.45) is 9.29. The number of rotatable bonds is 41. The highest BCUT2D eigenvalue weighted by Gasteiger charge is 2.33. The molecule has 2 heterocycles. The molecule has 0 aliphatic heterocycles. The van der Waals surface area contributed by atoms with E-state index in [1.165, 1.54) is 6.20 Å². The Bertz CT molecular complexity index is 2120. The van der Waals surface area contributed by atoms with Gasteiger partial charge in [-0.1, -0.05) is 24.1 Å². The van der Waals surface area contributed by atoms with Crippen LogP contribution in [0.5, 0.6) is 0 Å². The fourth-order valence-electron chi connectivity index (χ4n) is 6.09. The largest absolute Gasteiger partial charge is 0.379 e. The summed E-state index contributed by atoms with van der Waals surface area (Å²) in [5.41, 5.74) is 6.97. The van der Waals surface area contributed by atoms with E-state index in [-0.39, 0.29) is 86.8 Å². The number of fused-ring (bicyclic) bond motifs is 1. The molecule has 0 aliphatic rings. The molecule has 7 N–H and O–H groups in total. The summed E-state index contributed by atoms with van der Waals surface area (Å²) in [7, 11) is 0. The number of aromatic nitrogens is 4. The molecule has 0 saturated heterocycles. The predicted octanol–water partition coefficient (Wildman–Crippen LogP) is 1.71. The molecule has 0 aliphatic carbocycles. The smallest absolute Gasteiger partial charge is 0.280 e. The number of benzene rings is 1. The number of ether oxygens (including phenoxy) is 9. The molecule has 0 bridgehead atoms. The molecule has 0 saturated carbocycles. The van der Waals surface area contributed by atoms with Crippen molar-refractivity contribution in [3.05, 3.63) is 76.9 Å². The molecule has 3 amide bonds. The number of hydrogen-bond acceptors (Lipinski definition) is 18. The lowest BCUT2D eigenvalue weighted by molar-refractivity contribution is -0.128. The van der Waals surface area contributed by atoms with E-state index in [0.29, 0.717) is 117 Å². The number of nitrogens with zero attached hydrogens (tertiary/aromatic N) is 3. The van der Waals surface area contributed by atoms with Gasteiger partial charge in [-0.3, -0.25) is 24.2 Å². The monoisotopic (exact) mass is 982 g/mol. The Morgan fingerprint density at radius 1 is 0.829 bits per heavy atom. The van der Waals surface area contributed by atoms with Crippen LogP contribution in [0.15, 0.2) is 60.1 Å². The maximum Gasteiger partial charge on any atom is 0.280 e. The van der Waals surface area contributed by atoms with Gasteiger partial charge in [0.15, 0.2) is 11.2 Å². The highest BCUT2D eigenvalue weighted by molar-refractivity contribution is 5.94. The number of amides is 3. The van der Waals surface area contributed by atoms with Crippen LogP contribution >= 0.6 is 0 Å². The summed E-state index contributed by atoms with van der Waals surface area (Å²) in [5, 5.41) is 11.9. The molecule has 22 nitrogen and oxygen atoms in total. The first-order chi connectivity index (χ1) is 33.9. The second-order valence-electron chi connectivity index (χ2n) is 15.9. The van der Waals surface area contributed by atoms with Gasteiger partial charge in [-0.15, -0.1) is 13.0 Å². The fraction of sp³-hybridized carbons (Fsp3) is 0.562. The Labute approximate surface area is 409 Å². The maximum atomic E-state index is 12.8. The van der Waals surface area contributed by atoms with E-state index in [9.17, 15) is 19.2 Å². The first-order valence-electron chi connectivity index (χ1n) is 23.1. The summed E-state index contributed by atoms with van der Waals surface area (Å²) < 4.78 is 50.2. The highest BCUT2D eigenvalue weighted by atomic mass is 16.6. The van der Waals surface area contributed by atoms with Gasteiger partial charge < -0.3 is 69.6 Å².